The predicted octanol–water partition coefficient (Wildman–Crippen LogP) is 2.20. The van der Waals surface area contributed by atoms with Gasteiger partial charge in [-0.05, 0) is 42.3 Å². The fourth-order valence-corrected chi connectivity index (χ4v) is 2.05. The summed E-state index contributed by atoms with van der Waals surface area (Å²) in [6.07, 6.45) is 3.48. The first kappa shape index (κ1) is 14.2. The third-order valence-electron chi connectivity index (χ3n) is 3.20. The van der Waals surface area contributed by atoms with E-state index in [1.807, 2.05) is 48.2 Å². The van der Waals surface area contributed by atoms with Crippen LogP contribution in [0, 0.1) is 0 Å². The molecule has 0 saturated heterocycles. The Hall–Kier alpha value is -2.20. The van der Waals surface area contributed by atoms with Crippen LogP contribution in [0.2, 0.25) is 0 Å². The van der Waals surface area contributed by atoms with Gasteiger partial charge in [0.1, 0.15) is 0 Å². The fraction of sp³-hybridized carbons (Fsp3) is 0.250. The molecule has 0 spiro atoms. The van der Waals surface area contributed by atoms with E-state index in [1.54, 1.807) is 12.4 Å². The summed E-state index contributed by atoms with van der Waals surface area (Å²) >= 11 is 0. The van der Waals surface area contributed by atoms with Gasteiger partial charge >= 0.3 is 0 Å². The van der Waals surface area contributed by atoms with Crippen LogP contribution in [0.4, 0.5) is 0 Å². The van der Waals surface area contributed by atoms with Gasteiger partial charge in [0.05, 0.1) is 0 Å². The van der Waals surface area contributed by atoms with Crippen molar-refractivity contribution in [1.82, 2.24) is 9.88 Å². The molecule has 1 aromatic carbocycles. The van der Waals surface area contributed by atoms with Crippen molar-refractivity contribution in [3.05, 3.63) is 65.5 Å². The van der Waals surface area contributed by atoms with Crippen LogP contribution in [0.5, 0.6) is 0 Å². The zero-order valence-corrected chi connectivity index (χ0v) is 11.6. The van der Waals surface area contributed by atoms with Crippen molar-refractivity contribution in [2.75, 3.05) is 6.54 Å². The van der Waals surface area contributed by atoms with Gasteiger partial charge in [-0.15, -0.1) is 0 Å². The van der Waals surface area contributed by atoms with Crippen LogP contribution in [0.15, 0.2) is 48.8 Å². The number of amides is 1. The van der Waals surface area contributed by atoms with Gasteiger partial charge in [0.25, 0.3) is 5.91 Å². The summed E-state index contributed by atoms with van der Waals surface area (Å²) in [4.78, 5) is 18.3. The minimum Gasteiger partial charge on any atom is -0.335 e. The van der Waals surface area contributed by atoms with Gasteiger partial charge in [0.15, 0.2) is 0 Å². The quantitative estimate of drug-likeness (QED) is 0.905. The first-order valence-electron chi connectivity index (χ1n) is 6.71. The second-order valence-electron chi connectivity index (χ2n) is 4.58. The molecular weight excluding hydrogens is 250 g/mol. The average Bonchev–Trinajstić information content (AvgIpc) is 2.53. The Bertz CT molecular complexity index is 569. The molecule has 0 aliphatic carbocycles. The number of nitrogens with two attached hydrogens (primary N) is 1. The van der Waals surface area contributed by atoms with Crippen LogP contribution in [-0.2, 0) is 13.1 Å². The summed E-state index contributed by atoms with van der Waals surface area (Å²) in [5.41, 5.74) is 8.35. The third-order valence-corrected chi connectivity index (χ3v) is 3.20. The van der Waals surface area contributed by atoms with Crippen molar-refractivity contribution in [1.29, 1.82) is 0 Å². The monoisotopic (exact) mass is 269 g/mol. The molecule has 0 unspecified atom stereocenters. The summed E-state index contributed by atoms with van der Waals surface area (Å²) < 4.78 is 0. The number of rotatable bonds is 5. The van der Waals surface area contributed by atoms with Crippen molar-refractivity contribution in [3.8, 4) is 0 Å². The smallest absolute Gasteiger partial charge is 0.254 e. The van der Waals surface area contributed by atoms with E-state index >= 15 is 0 Å². The zero-order chi connectivity index (χ0) is 14.4. The lowest BCUT2D eigenvalue weighted by atomic mass is 10.1. The Kier molecular flexibility index (Phi) is 4.85. The maximum absolute atomic E-state index is 12.5. The van der Waals surface area contributed by atoms with Crippen LogP contribution in [0.25, 0.3) is 0 Å². The lowest BCUT2D eigenvalue weighted by Gasteiger charge is -2.21. The molecule has 2 rings (SSSR count). The lowest BCUT2D eigenvalue weighted by Crippen LogP contribution is -2.30. The Morgan fingerprint density at radius 3 is 2.60 bits per heavy atom. The van der Waals surface area contributed by atoms with E-state index in [0.717, 1.165) is 11.1 Å². The van der Waals surface area contributed by atoms with E-state index in [-0.39, 0.29) is 5.91 Å². The molecular formula is C16H19N3O. The fourth-order valence-electron chi connectivity index (χ4n) is 2.05. The molecule has 20 heavy (non-hydrogen) atoms. The first-order valence-corrected chi connectivity index (χ1v) is 6.71. The molecule has 1 amide bonds. The molecule has 0 atom stereocenters. The minimum absolute atomic E-state index is 0.0274. The average molecular weight is 269 g/mol. The molecule has 0 bridgehead atoms. The second kappa shape index (κ2) is 6.82. The normalized spacial score (nSPS) is 10.3. The van der Waals surface area contributed by atoms with E-state index in [1.165, 1.54) is 0 Å². The highest BCUT2D eigenvalue weighted by Crippen LogP contribution is 2.11. The van der Waals surface area contributed by atoms with Crippen molar-refractivity contribution in [2.24, 2.45) is 5.73 Å². The summed E-state index contributed by atoms with van der Waals surface area (Å²) in [6.45, 7) is 3.67. The number of pyridine rings is 1. The Morgan fingerprint density at radius 1 is 1.20 bits per heavy atom. The van der Waals surface area contributed by atoms with Gasteiger partial charge in [0, 0.05) is 37.6 Å². The SMILES string of the molecule is CCN(Cc1ccncc1)C(=O)c1cccc(CN)c1. The highest BCUT2D eigenvalue weighted by molar-refractivity contribution is 5.94. The number of hydrogen-bond acceptors (Lipinski definition) is 3. The first-order chi connectivity index (χ1) is 9.74. The van der Waals surface area contributed by atoms with E-state index in [0.29, 0.717) is 25.2 Å². The number of carbonyl (C=O) groups excluding carboxylic acids is 1. The zero-order valence-electron chi connectivity index (χ0n) is 11.6. The highest BCUT2D eigenvalue weighted by Gasteiger charge is 2.14. The van der Waals surface area contributed by atoms with Gasteiger partial charge in [-0.25, -0.2) is 0 Å². The van der Waals surface area contributed by atoms with E-state index in [2.05, 4.69) is 4.98 Å². The second-order valence-corrected chi connectivity index (χ2v) is 4.58. The Morgan fingerprint density at radius 2 is 1.95 bits per heavy atom. The van der Waals surface area contributed by atoms with Gasteiger partial charge < -0.3 is 10.6 Å². The van der Waals surface area contributed by atoms with Crippen LogP contribution >= 0.6 is 0 Å². The molecule has 1 aromatic heterocycles. The molecule has 4 heteroatoms. The molecule has 2 N–H and O–H groups in total. The maximum Gasteiger partial charge on any atom is 0.254 e. The molecule has 0 fully saturated rings. The number of nitrogens with zero attached hydrogens (tertiary/aromatic N) is 2. The predicted molar refractivity (Wildman–Crippen MR) is 79.0 cm³/mol. The summed E-state index contributed by atoms with van der Waals surface area (Å²) in [6, 6.07) is 11.3. The van der Waals surface area contributed by atoms with E-state index in [9.17, 15) is 4.79 Å². The minimum atomic E-state index is 0.0274. The van der Waals surface area contributed by atoms with E-state index in [4.69, 9.17) is 5.73 Å². The van der Waals surface area contributed by atoms with Crippen LogP contribution in [0.3, 0.4) is 0 Å². The maximum atomic E-state index is 12.5. The largest absolute Gasteiger partial charge is 0.335 e. The van der Waals surface area contributed by atoms with Gasteiger partial charge in [-0.2, -0.15) is 0 Å². The highest BCUT2D eigenvalue weighted by atomic mass is 16.2. The molecule has 2 aromatic rings. The molecule has 104 valence electrons. The lowest BCUT2D eigenvalue weighted by molar-refractivity contribution is 0.0752. The third kappa shape index (κ3) is 3.42. The molecule has 0 aliphatic rings. The molecule has 0 radical (unpaired) electrons. The number of benzene rings is 1. The number of hydrogen-bond donors (Lipinski definition) is 1. The van der Waals surface area contributed by atoms with Crippen LogP contribution in [0.1, 0.15) is 28.4 Å². The molecule has 4 nitrogen and oxygen atoms in total. The van der Waals surface area contributed by atoms with Crippen molar-refractivity contribution >= 4 is 5.91 Å². The summed E-state index contributed by atoms with van der Waals surface area (Å²) in [7, 11) is 0. The standard InChI is InChI=1S/C16H19N3O/c1-2-19(12-13-6-8-18-9-7-13)16(20)15-5-3-4-14(10-15)11-17/h3-10H,2,11-12,17H2,1H3. The van der Waals surface area contributed by atoms with Crippen molar-refractivity contribution in [3.63, 3.8) is 0 Å². The Balaban J connectivity index is 2.16. The number of carbonyl (C=O) groups is 1. The van der Waals surface area contributed by atoms with E-state index < -0.39 is 0 Å². The molecule has 0 saturated carbocycles. The van der Waals surface area contributed by atoms with Gasteiger partial charge in [0.2, 0.25) is 0 Å². The number of aromatic nitrogens is 1. The summed E-state index contributed by atoms with van der Waals surface area (Å²) in [5, 5.41) is 0. The molecule has 0 aliphatic heterocycles. The van der Waals surface area contributed by atoms with Crippen molar-refractivity contribution < 1.29 is 4.79 Å². The topological polar surface area (TPSA) is 59.2 Å². The summed E-state index contributed by atoms with van der Waals surface area (Å²) in [5.74, 6) is 0.0274. The van der Waals surface area contributed by atoms with Crippen LogP contribution in [-0.4, -0.2) is 22.3 Å². The van der Waals surface area contributed by atoms with Crippen molar-refractivity contribution in [2.45, 2.75) is 20.0 Å². The van der Waals surface area contributed by atoms with Crippen LogP contribution < -0.4 is 5.73 Å². The van der Waals surface area contributed by atoms with Gasteiger partial charge in [-0.1, -0.05) is 12.1 Å². The molecule has 1 heterocycles. The van der Waals surface area contributed by atoms with Gasteiger partial charge in [-0.3, -0.25) is 9.78 Å². The Labute approximate surface area is 119 Å².